The van der Waals surface area contributed by atoms with E-state index in [0.29, 0.717) is 0 Å². The molecule has 0 amide bonds. The van der Waals surface area contributed by atoms with E-state index in [4.69, 9.17) is 20.4 Å². The van der Waals surface area contributed by atoms with Gasteiger partial charge in [-0.25, -0.2) is 28.8 Å². The summed E-state index contributed by atoms with van der Waals surface area (Å²) in [6.07, 6.45) is -21.4. The Labute approximate surface area is 317 Å². The van der Waals surface area contributed by atoms with Gasteiger partial charge in [-0.3, -0.25) is 38.4 Å². The Bertz CT molecular complexity index is 1600. The number of carbonyl (C=O) groups is 14. The van der Waals surface area contributed by atoms with Crippen molar-refractivity contribution in [3.8, 4) is 0 Å². The van der Waals surface area contributed by atoms with E-state index in [-0.39, 0.29) is 0 Å². The van der Waals surface area contributed by atoms with Crippen LogP contribution in [-0.2, 0) is 86.1 Å². The molecule has 0 fully saturated rings. The summed E-state index contributed by atoms with van der Waals surface area (Å²) < 4.78 is 16.6. The largest absolute Gasteiger partial charge is 0.481 e. The minimum absolute atomic E-state index is 1.72. The van der Waals surface area contributed by atoms with Crippen molar-refractivity contribution in [3.63, 3.8) is 0 Å². The number of aliphatic hydroxyl groups excluding tert-OH is 2. The number of carboxylic acid groups (broad SMARTS) is 8. The first-order valence-corrected chi connectivity index (χ1v) is 14.8. The van der Waals surface area contributed by atoms with Crippen molar-refractivity contribution in [1.82, 2.24) is 0 Å². The second-order valence-corrected chi connectivity index (χ2v) is 11.7. The first kappa shape index (κ1) is 50.8. The molecule has 0 aromatic rings. The molecule has 322 valence electrons. The van der Waals surface area contributed by atoms with Crippen LogP contribution >= 0.6 is 0 Å². The van der Waals surface area contributed by atoms with Crippen molar-refractivity contribution in [2.75, 3.05) is 0 Å². The molecule has 0 aromatic heterocycles. The number of carboxylic acids is 8. The number of aliphatic carboxylic acids is 8. The third kappa shape index (κ3) is 14.8. The molecule has 0 radical (unpaired) electrons. The van der Waals surface area contributed by atoms with E-state index in [2.05, 4.69) is 18.9 Å². The number of aliphatic hydroxyl groups is 4. The Morgan fingerprint density at radius 1 is 0.362 bits per heavy atom. The smallest absolute Gasteiger partial charge is 0.349 e. The van der Waals surface area contributed by atoms with Crippen LogP contribution in [0.4, 0.5) is 0 Å². The second kappa shape index (κ2) is 20.1. The normalized spacial score (nSPS) is 14.3. The zero-order chi connectivity index (χ0) is 45.7. The van der Waals surface area contributed by atoms with Gasteiger partial charge in [0.1, 0.15) is 0 Å². The fourth-order valence-electron chi connectivity index (χ4n) is 4.20. The molecule has 0 saturated carbocycles. The summed E-state index contributed by atoms with van der Waals surface area (Å²) >= 11 is 0. The van der Waals surface area contributed by atoms with E-state index in [9.17, 15) is 108 Å². The standard InChI is InChI=1S/C28H30O30/c29-9(30)1-27(23(49)50,2-10(31)32)57-15(39)7-25(53,21(45)46)5-13(37)55-19(43)17(41)18(42)20(44)56-14(38)6-26(54,22(47)48)8-16(40)58-28(24(51)52,3-11(33)34)4-12(35)36/h17-18,41-42,53-54H,1-8H2,(H,29,30)(H,31,32)(H,33,34)(H,35,36)(H,45,46)(H,47,48)(H,49,50)(H,51,52). The van der Waals surface area contributed by atoms with Crippen LogP contribution in [0.5, 0.6) is 0 Å². The summed E-state index contributed by atoms with van der Waals surface area (Å²) in [5, 5.41) is 113. The summed E-state index contributed by atoms with van der Waals surface area (Å²) in [6.45, 7) is 0. The quantitative estimate of drug-likeness (QED) is 0.0231. The van der Waals surface area contributed by atoms with Crippen LogP contribution in [0, 0.1) is 0 Å². The minimum atomic E-state index is -3.74. The Hall–Kier alpha value is -7.18. The van der Waals surface area contributed by atoms with Gasteiger partial charge >= 0.3 is 83.6 Å². The van der Waals surface area contributed by atoms with Gasteiger partial charge in [0.25, 0.3) is 0 Å². The number of hydrogen-bond donors (Lipinski definition) is 12. The lowest BCUT2D eigenvalue weighted by molar-refractivity contribution is -0.193. The minimum Gasteiger partial charge on any atom is -0.481 e. The average Bonchev–Trinajstić information content (AvgIpc) is 3.01. The first-order chi connectivity index (χ1) is 26.3. The SMILES string of the molecule is O=C(O)CC(CC(=O)O)(OC(=O)CC(O)(CC(=O)OC(=O)C(O)C(O)C(=O)OC(=O)CC(O)(CC(=O)OC(CC(=O)O)(CC(=O)O)C(=O)O)C(=O)O)C(=O)O)C(=O)O. The van der Waals surface area contributed by atoms with E-state index in [0.717, 1.165) is 0 Å². The second-order valence-electron chi connectivity index (χ2n) is 11.7. The summed E-state index contributed by atoms with van der Waals surface area (Å²) in [7, 11) is 0. The maximum Gasteiger partial charge on any atom is 0.349 e. The summed E-state index contributed by atoms with van der Waals surface area (Å²) in [6, 6.07) is 0. The van der Waals surface area contributed by atoms with Crippen LogP contribution in [-0.4, -0.2) is 179 Å². The maximum atomic E-state index is 12.3. The van der Waals surface area contributed by atoms with Crippen LogP contribution < -0.4 is 0 Å². The van der Waals surface area contributed by atoms with E-state index >= 15 is 0 Å². The number of ether oxygens (including phenoxy) is 4. The maximum absolute atomic E-state index is 12.3. The van der Waals surface area contributed by atoms with Crippen molar-refractivity contribution in [2.24, 2.45) is 0 Å². The van der Waals surface area contributed by atoms with Gasteiger partial charge in [0.05, 0.1) is 51.4 Å². The molecule has 0 aromatic carbocycles. The van der Waals surface area contributed by atoms with Gasteiger partial charge in [-0.05, 0) is 0 Å². The molecule has 0 aliphatic carbocycles. The molecule has 58 heavy (non-hydrogen) atoms. The molecule has 4 atom stereocenters. The molecular weight excluding hydrogens is 816 g/mol. The molecule has 30 heteroatoms. The molecule has 0 aliphatic rings. The Morgan fingerprint density at radius 3 is 0.776 bits per heavy atom. The third-order valence-electron chi connectivity index (χ3n) is 6.90. The molecule has 4 unspecified atom stereocenters. The number of rotatable bonds is 25. The number of esters is 6. The molecule has 0 spiro atoms. The molecule has 0 bridgehead atoms. The van der Waals surface area contributed by atoms with Crippen molar-refractivity contribution in [1.29, 1.82) is 0 Å². The van der Waals surface area contributed by atoms with E-state index in [1.165, 1.54) is 0 Å². The van der Waals surface area contributed by atoms with Gasteiger partial charge in [0.15, 0.2) is 23.4 Å². The van der Waals surface area contributed by atoms with Gasteiger partial charge < -0.3 is 80.2 Å². The lowest BCUT2D eigenvalue weighted by Gasteiger charge is -2.28. The highest BCUT2D eigenvalue weighted by molar-refractivity contribution is 5.98. The molecule has 0 heterocycles. The summed E-state index contributed by atoms with van der Waals surface area (Å²) in [5.41, 5.74) is -14.3. The topological polar surface area (TPSA) is 519 Å². The summed E-state index contributed by atoms with van der Waals surface area (Å²) in [4.78, 5) is 164. The Kier molecular flexibility index (Phi) is 17.6. The van der Waals surface area contributed by atoms with Crippen LogP contribution in [0.3, 0.4) is 0 Å². The van der Waals surface area contributed by atoms with Crippen LogP contribution in [0.25, 0.3) is 0 Å². The van der Waals surface area contributed by atoms with Gasteiger partial charge in [0, 0.05) is 0 Å². The fourth-order valence-corrected chi connectivity index (χ4v) is 4.20. The predicted octanol–water partition coefficient (Wildman–Crippen LogP) is -6.33. The van der Waals surface area contributed by atoms with E-state index < -0.39 is 170 Å². The average molecular weight is 847 g/mol. The fraction of sp³-hybridized carbons (Fsp3) is 0.500. The molecular formula is C28H30O30. The molecule has 0 aliphatic heterocycles. The Morgan fingerprint density at radius 2 is 0.586 bits per heavy atom. The molecule has 30 nitrogen and oxygen atoms in total. The van der Waals surface area contributed by atoms with E-state index in [1.54, 1.807) is 0 Å². The van der Waals surface area contributed by atoms with Gasteiger partial charge in [-0.1, -0.05) is 0 Å². The lowest BCUT2D eigenvalue weighted by Crippen LogP contribution is -2.50. The van der Waals surface area contributed by atoms with Gasteiger partial charge in [-0.2, -0.15) is 0 Å². The Balaban J connectivity index is 5.83. The monoisotopic (exact) mass is 846 g/mol. The van der Waals surface area contributed by atoms with Gasteiger partial charge in [0.2, 0.25) is 11.2 Å². The lowest BCUT2D eigenvalue weighted by atomic mass is 9.93. The highest BCUT2D eigenvalue weighted by atomic mass is 16.6. The van der Waals surface area contributed by atoms with Crippen LogP contribution in [0.15, 0.2) is 0 Å². The zero-order valence-corrected chi connectivity index (χ0v) is 28.5. The molecule has 12 N–H and O–H groups in total. The van der Waals surface area contributed by atoms with Gasteiger partial charge in [-0.15, -0.1) is 0 Å². The third-order valence-corrected chi connectivity index (χ3v) is 6.90. The highest BCUT2D eigenvalue weighted by Crippen LogP contribution is 2.28. The molecule has 0 rings (SSSR count). The zero-order valence-electron chi connectivity index (χ0n) is 28.5. The van der Waals surface area contributed by atoms with Crippen molar-refractivity contribution < 1.29 is 147 Å². The highest BCUT2D eigenvalue weighted by Gasteiger charge is 2.52. The molecule has 0 saturated heterocycles. The van der Waals surface area contributed by atoms with E-state index in [1.807, 2.05) is 0 Å². The van der Waals surface area contributed by atoms with Crippen molar-refractivity contribution in [2.45, 2.75) is 86.0 Å². The first-order valence-electron chi connectivity index (χ1n) is 14.8. The van der Waals surface area contributed by atoms with Crippen molar-refractivity contribution >= 4 is 83.6 Å². The van der Waals surface area contributed by atoms with Crippen LogP contribution in [0.1, 0.15) is 51.4 Å². The number of carbonyl (C=O) groups excluding carboxylic acids is 6. The van der Waals surface area contributed by atoms with Crippen LogP contribution in [0.2, 0.25) is 0 Å². The summed E-state index contributed by atoms with van der Waals surface area (Å²) in [5.74, 6) is -31.5. The van der Waals surface area contributed by atoms with Crippen molar-refractivity contribution in [3.05, 3.63) is 0 Å². The number of hydrogen-bond acceptors (Lipinski definition) is 22. The predicted molar refractivity (Wildman–Crippen MR) is 160 cm³/mol.